The molecule has 0 fully saturated rings. The summed E-state index contributed by atoms with van der Waals surface area (Å²) in [4.78, 5) is 23.5. The minimum atomic E-state index is -1.03. The zero-order valence-electron chi connectivity index (χ0n) is 14.0. The predicted octanol–water partition coefficient (Wildman–Crippen LogP) is 4.08. The number of aromatic carboxylic acids is 1. The number of amides is 1. The Bertz CT molecular complexity index is 733. The van der Waals surface area contributed by atoms with Gasteiger partial charge in [-0.05, 0) is 37.5 Å². The average molecular weight is 327 g/mol. The first-order chi connectivity index (χ1) is 11.3. The Morgan fingerprint density at radius 3 is 2.29 bits per heavy atom. The van der Waals surface area contributed by atoms with Gasteiger partial charge in [0.15, 0.2) is 0 Å². The molecule has 0 heterocycles. The molecule has 0 spiro atoms. The van der Waals surface area contributed by atoms with Crippen LogP contribution in [-0.2, 0) is 11.3 Å². The summed E-state index contributed by atoms with van der Waals surface area (Å²) in [6, 6.07) is 14.5. The van der Waals surface area contributed by atoms with Gasteiger partial charge in [0.1, 0.15) is 5.60 Å². The fraction of sp³-hybridized carbons (Fsp3) is 0.263. The molecule has 0 saturated carbocycles. The summed E-state index contributed by atoms with van der Waals surface area (Å²) in [5.74, 6) is -1.03. The number of benzene rings is 2. The van der Waals surface area contributed by atoms with E-state index in [0.717, 1.165) is 5.56 Å². The molecule has 0 unspecified atom stereocenters. The zero-order valence-corrected chi connectivity index (χ0v) is 14.0. The van der Waals surface area contributed by atoms with Crippen LogP contribution in [0, 0.1) is 0 Å². The van der Waals surface area contributed by atoms with E-state index in [1.165, 1.54) is 0 Å². The van der Waals surface area contributed by atoms with Crippen molar-refractivity contribution in [2.75, 3.05) is 0 Å². The van der Waals surface area contributed by atoms with Crippen molar-refractivity contribution in [3.8, 4) is 11.1 Å². The van der Waals surface area contributed by atoms with Gasteiger partial charge in [-0.3, -0.25) is 0 Å². The maximum Gasteiger partial charge on any atom is 0.407 e. The topological polar surface area (TPSA) is 75.6 Å². The molecule has 0 aromatic heterocycles. The molecule has 0 bridgehead atoms. The van der Waals surface area contributed by atoms with Crippen LogP contribution < -0.4 is 5.32 Å². The fourth-order valence-electron chi connectivity index (χ4n) is 2.34. The van der Waals surface area contributed by atoms with E-state index in [-0.39, 0.29) is 12.1 Å². The number of carbonyl (C=O) groups is 2. The average Bonchev–Trinajstić information content (AvgIpc) is 2.51. The Labute approximate surface area is 141 Å². The molecule has 2 aromatic carbocycles. The van der Waals surface area contributed by atoms with Crippen LogP contribution in [0.5, 0.6) is 0 Å². The van der Waals surface area contributed by atoms with Gasteiger partial charge in [-0.15, -0.1) is 0 Å². The molecule has 0 aliphatic rings. The number of nitrogens with one attached hydrogen (secondary N) is 1. The third-order valence-corrected chi connectivity index (χ3v) is 3.27. The Morgan fingerprint density at radius 2 is 1.71 bits per heavy atom. The molecule has 0 aliphatic carbocycles. The van der Waals surface area contributed by atoms with Crippen molar-refractivity contribution in [1.29, 1.82) is 0 Å². The quantitative estimate of drug-likeness (QED) is 0.887. The molecule has 2 aromatic rings. The summed E-state index contributed by atoms with van der Waals surface area (Å²) in [7, 11) is 0. The smallest absolute Gasteiger partial charge is 0.407 e. The first kappa shape index (κ1) is 17.5. The van der Waals surface area contributed by atoms with Crippen molar-refractivity contribution in [1.82, 2.24) is 5.32 Å². The number of ether oxygens (including phenoxy) is 1. The largest absolute Gasteiger partial charge is 0.478 e. The molecule has 0 saturated heterocycles. The molecule has 0 aliphatic heterocycles. The van der Waals surface area contributed by atoms with E-state index in [0.29, 0.717) is 11.1 Å². The first-order valence-corrected chi connectivity index (χ1v) is 7.65. The van der Waals surface area contributed by atoms with Gasteiger partial charge in [-0.25, -0.2) is 9.59 Å². The molecule has 126 valence electrons. The highest BCUT2D eigenvalue weighted by Crippen LogP contribution is 2.26. The lowest BCUT2D eigenvalue weighted by atomic mass is 9.95. The lowest BCUT2D eigenvalue weighted by Gasteiger charge is -2.20. The van der Waals surface area contributed by atoms with Gasteiger partial charge >= 0.3 is 12.1 Å². The lowest BCUT2D eigenvalue weighted by Crippen LogP contribution is -2.32. The molecule has 0 atom stereocenters. The van der Waals surface area contributed by atoms with Crippen molar-refractivity contribution in [3.63, 3.8) is 0 Å². The van der Waals surface area contributed by atoms with Crippen LogP contribution in [0.1, 0.15) is 36.7 Å². The van der Waals surface area contributed by atoms with Crippen LogP contribution in [-0.4, -0.2) is 22.8 Å². The highest BCUT2D eigenvalue weighted by molar-refractivity contribution is 5.97. The number of carboxylic acids is 1. The predicted molar refractivity (Wildman–Crippen MR) is 91.9 cm³/mol. The number of alkyl carbamates (subject to hydrolysis) is 1. The lowest BCUT2D eigenvalue weighted by molar-refractivity contribution is 0.0521. The molecule has 1 amide bonds. The van der Waals surface area contributed by atoms with Gasteiger partial charge < -0.3 is 15.2 Å². The van der Waals surface area contributed by atoms with Gasteiger partial charge in [-0.1, -0.05) is 48.5 Å². The number of hydrogen-bond donors (Lipinski definition) is 2. The maximum absolute atomic E-state index is 11.8. The summed E-state index contributed by atoms with van der Waals surface area (Å²) in [6.07, 6.45) is -0.580. The summed E-state index contributed by atoms with van der Waals surface area (Å²) >= 11 is 0. The summed E-state index contributed by atoms with van der Waals surface area (Å²) in [5.41, 5.74) is 1.53. The molecule has 2 N–H and O–H groups in total. The third-order valence-electron chi connectivity index (χ3n) is 3.27. The minimum Gasteiger partial charge on any atom is -0.478 e. The van der Waals surface area contributed by atoms with Crippen LogP contribution in [0.4, 0.5) is 4.79 Å². The number of carboxylic acid groups (broad SMARTS) is 1. The Morgan fingerprint density at radius 1 is 1.04 bits per heavy atom. The highest BCUT2D eigenvalue weighted by atomic mass is 16.6. The zero-order chi connectivity index (χ0) is 17.7. The molecular formula is C19H21NO4. The van der Waals surface area contributed by atoms with E-state index >= 15 is 0 Å². The Kier molecular flexibility index (Phi) is 5.24. The van der Waals surface area contributed by atoms with E-state index in [9.17, 15) is 14.7 Å². The monoisotopic (exact) mass is 327 g/mol. The number of hydrogen-bond acceptors (Lipinski definition) is 3. The molecular weight excluding hydrogens is 306 g/mol. The van der Waals surface area contributed by atoms with Crippen LogP contribution in [0.15, 0.2) is 48.5 Å². The van der Waals surface area contributed by atoms with Crippen molar-refractivity contribution in [2.24, 2.45) is 0 Å². The van der Waals surface area contributed by atoms with Crippen molar-refractivity contribution < 1.29 is 19.4 Å². The van der Waals surface area contributed by atoms with E-state index in [2.05, 4.69) is 5.32 Å². The third kappa shape index (κ3) is 4.59. The summed E-state index contributed by atoms with van der Waals surface area (Å²) in [5, 5.41) is 12.2. The highest BCUT2D eigenvalue weighted by Gasteiger charge is 2.19. The molecule has 2 rings (SSSR count). The number of carbonyl (C=O) groups excluding carboxylic acids is 1. The van der Waals surface area contributed by atoms with Gasteiger partial charge in [-0.2, -0.15) is 0 Å². The standard InChI is InChI=1S/C19H21NO4/c1-19(2,3)24-18(23)20-12-14-10-7-11-15(16(14)17(21)22)13-8-5-4-6-9-13/h4-11H,12H2,1-3H3,(H,20,23)(H,21,22). The van der Waals surface area contributed by atoms with Crippen LogP contribution in [0.25, 0.3) is 11.1 Å². The SMILES string of the molecule is CC(C)(C)OC(=O)NCc1cccc(-c2ccccc2)c1C(=O)O. The van der Waals surface area contributed by atoms with Crippen molar-refractivity contribution in [2.45, 2.75) is 32.9 Å². The van der Waals surface area contributed by atoms with Crippen molar-refractivity contribution >= 4 is 12.1 Å². The summed E-state index contributed by atoms with van der Waals surface area (Å²) < 4.78 is 5.18. The van der Waals surface area contributed by atoms with E-state index in [1.807, 2.05) is 30.3 Å². The van der Waals surface area contributed by atoms with Crippen molar-refractivity contribution in [3.05, 3.63) is 59.7 Å². The van der Waals surface area contributed by atoms with Crippen LogP contribution in [0.2, 0.25) is 0 Å². The molecule has 5 nitrogen and oxygen atoms in total. The second kappa shape index (κ2) is 7.17. The maximum atomic E-state index is 11.8. The fourth-order valence-corrected chi connectivity index (χ4v) is 2.34. The van der Waals surface area contributed by atoms with E-state index in [4.69, 9.17) is 4.74 Å². The molecule has 5 heteroatoms. The molecule has 0 radical (unpaired) electrons. The second-order valence-electron chi connectivity index (χ2n) is 6.37. The van der Waals surface area contributed by atoms with Crippen LogP contribution in [0.3, 0.4) is 0 Å². The number of rotatable bonds is 4. The second-order valence-corrected chi connectivity index (χ2v) is 6.37. The van der Waals surface area contributed by atoms with E-state index in [1.54, 1.807) is 39.0 Å². The Balaban J connectivity index is 2.28. The minimum absolute atomic E-state index is 0.0806. The first-order valence-electron chi connectivity index (χ1n) is 7.65. The van der Waals surface area contributed by atoms with Crippen LogP contribution >= 0.6 is 0 Å². The molecule has 24 heavy (non-hydrogen) atoms. The van der Waals surface area contributed by atoms with Gasteiger partial charge in [0, 0.05) is 6.54 Å². The van der Waals surface area contributed by atoms with E-state index < -0.39 is 17.7 Å². The normalized spacial score (nSPS) is 11.0. The van der Waals surface area contributed by atoms with Gasteiger partial charge in [0.25, 0.3) is 0 Å². The van der Waals surface area contributed by atoms with Gasteiger partial charge in [0.05, 0.1) is 5.56 Å². The Hall–Kier alpha value is -2.82. The summed E-state index contributed by atoms with van der Waals surface area (Å²) in [6.45, 7) is 5.39. The van der Waals surface area contributed by atoms with Gasteiger partial charge in [0.2, 0.25) is 0 Å².